The molecular formula is C18H23ClN2O3. The molecule has 2 aromatic rings. The average Bonchev–Trinajstić information content (AvgIpc) is 2.60. The lowest BCUT2D eigenvalue weighted by Gasteiger charge is -2.16. The smallest absolute Gasteiger partial charge is 0.251 e. The highest BCUT2D eigenvalue weighted by molar-refractivity contribution is 5.94. The highest BCUT2D eigenvalue weighted by Gasteiger charge is 2.09. The maximum atomic E-state index is 12.1. The van der Waals surface area contributed by atoms with Crippen molar-refractivity contribution in [3.8, 4) is 11.5 Å². The second-order valence-corrected chi connectivity index (χ2v) is 5.22. The number of nitrogens with one attached hydrogen (secondary N) is 1. The number of carbonyl (C=O) groups is 1. The summed E-state index contributed by atoms with van der Waals surface area (Å²) in [5, 5.41) is 2.86. The van der Waals surface area contributed by atoms with Crippen molar-refractivity contribution < 1.29 is 14.3 Å². The number of nitrogens with two attached hydrogens (primary N) is 1. The largest absolute Gasteiger partial charge is 0.497 e. The molecule has 0 fully saturated rings. The van der Waals surface area contributed by atoms with Gasteiger partial charge in [-0.15, -0.1) is 12.4 Å². The molecule has 0 aliphatic heterocycles. The topological polar surface area (TPSA) is 73.6 Å². The second kappa shape index (κ2) is 9.80. The molecule has 0 aromatic heterocycles. The van der Waals surface area contributed by atoms with Crippen molar-refractivity contribution in [2.45, 2.75) is 19.6 Å². The molecule has 0 aliphatic rings. The normalized spacial score (nSPS) is 11.1. The fourth-order valence-corrected chi connectivity index (χ4v) is 2.06. The summed E-state index contributed by atoms with van der Waals surface area (Å²) in [6.07, 6.45) is -0.143. The quantitative estimate of drug-likeness (QED) is 0.805. The highest BCUT2D eigenvalue weighted by Crippen LogP contribution is 2.18. The zero-order valence-electron chi connectivity index (χ0n) is 13.8. The van der Waals surface area contributed by atoms with E-state index in [-0.39, 0.29) is 24.4 Å². The van der Waals surface area contributed by atoms with E-state index in [2.05, 4.69) is 5.32 Å². The van der Waals surface area contributed by atoms with E-state index in [4.69, 9.17) is 15.2 Å². The maximum absolute atomic E-state index is 12.1. The van der Waals surface area contributed by atoms with Gasteiger partial charge < -0.3 is 20.5 Å². The predicted molar refractivity (Wildman–Crippen MR) is 97.0 cm³/mol. The summed E-state index contributed by atoms with van der Waals surface area (Å²) in [5.41, 5.74) is 7.15. The number of carbonyl (C=O) groups excluding carboxylic acids is 1. The molecule has 0 bridgehead atoms. The Bertz CT molecular complexity index is 630. The van der Waals surface area contributed by atoms with Crippen molar-refractivity contribution in [3.05, 3.63) is 59.7 Å². The van der Waals surface area contributed by atoms with Crippen molar-refractivity contribution >= 4 is 18.3 Å². The van der Waals surface area contributed by atoms with Crippen LogP contribution in [0.5, 0.6) is 11.5 Å². The number of ether oxygens (including phenoxy) is 2. The van der Waals surface area contributed by atoms with Crippen LogP contribution in [0.4, 0.5) is 0 Å². The minimum Gasteiger partial charge on any atom is -0.497 e. The lowest BCUT2D eigenvalue weighted by Crippen LogP contribution is -2.33. The van der Waals surface area contributed by atoms with Crippen LogP contribution in [0.25, 0.3) is 0 Å². The minimum atomic E-state index is -0.143. The van der Waals surface area contributed by atoms with Crippen LogP contribution in [0.3, 0.4) is 0 Å². The van der Waals surface area contributed by atoms with Gasteiger partial charge in [-0.1, -0.05) is 12.1 Å². The molecule has 1 amide bonds. The van der Waals surface area contributed by atoms with Crippen LogP contribution < -0.4 is 20.5 Å². The van der Waals surface area contributed by atoms with Crippen molar-refractivity contribution in [1.82, 2.24) is 5.32 Å². The molecule has 0 saturated carbocycles. The van der Waals surface area contributed by atoms with Crippen molar-refractivity contribution in [1.29, 1.82) is 0 Å². The molecule has 24 heavy (non-hydrogen) atoms. The molecule has 0 aliphatic carbocycles. The summed E-state index contributed by atoms with van der Waals surface area (Å²) in [6, 6.07) is 14.6. The number of benzene rings is 2. The van der Waals surface area contributed by atoms with Gasteiger partial charge >= 0.3 is 0 Å². The fraction of sp³-hybridized carbons (Fsp3) is 0.278. The van der Waals surface area contributed by atoms with Gasteiger partial charge in [-0.05, 0) is 48.9 Å². The molecule has 3 N–H and O–H groups in total. The third-order valence-electron chi connectivity index (χ3n) is 3.40. The molecule has 1 unspecified atom stereocenters. The van der Waals surface area contributed by atoms with Crippen LogP contribution in [-0.2, 0) is 6.54 Å². The van der Waals surface area contributed by atoms with Gasteiger partial charge in [0.15, 0.2) is 0 Å². The lowest BCUT2D eigenvalue weighted by atomic mass is 10.1. The Morgan fingerprint density at radius 1 is 1.08 bits per heavy atom. The summed E-state index contributed by atoms with van der Waals surface area (Å²) in [5.74, 6) is 1.39. The third-order valence-corrected chi connectivity index (χ3v) is 3.40. The van der Waals surface area contributed by atoms with Gasteiger partial charge in [0.2, 0.25) is 0 Å². The molecule has 0 spiro atoms. The monoisotopic (exact) mass is 350 g/mol. The minimum absolute atomic E-state index is 0. The second-order valence-electron chi connectivity index (χ2n) is 5.22. The first-order valence-corrected chi connectivity index (χ1v) is 7.50. The van der Waals surface area contributed by atoms with Gasteiger partial charge in [-0.2, -0.15) is 0 Å². The molecule has 0 saturated heterocycles. The third kappa shape index (κ3) is 5.76. The van der Waals surface area contributed by atoms with Crippen LogP contribution in [0.15, 0.2) is 48.5 Å². The van der Waals surface area contributed by atoms with Crippen LogP contribution >= 0.6 is 12.4 Å². The summed E-state index contributed by atoms with van der Waals surface area (Å²) in [6.45, 7) is 2.79. The van der Waals surface area contributed by atoms with E-state index < -0.39 is 0 Å². The van der Waals surface area contributed by atoms with Crippen molar-refractivity contribution in [2.75, 3.05) is 13.7 Å². The highest BCUT2D eigenvalue weighted by atomic mass is 35.5. The molecule has 0 radical (unpaired) electrons. The predicted octanol–water partition coefficient (Wildman–Crippen LogP) is 2.77. The maximum Gasteiger partial charge on any atom is 0.251 e. The van der Waals surface area contributed by atoms with Gasteiger partial charge in [0.25, 0.3) is 5.91 Å². The van der Waals surface area contributed by atoms with E-state index in [1.807, 2.05) is 43.3 Å². The number of hydrogen-bond donors (Lipinski definition) is 2. The van der Waals surface area contributed by atoms with Crippen LogP contribution in [0, 0.1) is 0 Å². The van der Waals surface area contributed by atoms with E-state index in [9.17, 15) is 4.79 Å². The Balaban J connectivity index is 0.00000288. The molecule has 6 heteroatoms. The molecule has 0 heterocycles. The SMILES string of the molecule is COc1ccc(OC(C)CNC(=O)c2ccc(CN)cc2)cc1.Cl. The standard InChI is InChI=1S/C18H22N2O3.ClH/c1-13(23-17-9-7-16(22-2)8-10-17)12-20-18(21)15-5-3-14(11-19)4-6-15;/h3-10,13H,11-12,19H2,1-2H3,(H,20,21);1H. The summed E-state index contributed by atoms with van der Waals surface area (Å²) in [4.78, 5) is 12.1. The Labute approximate surface area is 148 Å². The van der Waals surface area contributed by atoms with Crippen LogP contribution in [-0.4, -0.2) is 25.7 Å². The molecule has 1 atom stereocenters. The Hall–Kier alpha value is -2.24. The first-order chi connectivity index (χ1) is 11.1. The Morgan fingerprint density at radius 2 is 1.67 bits per heavy atom. The van der Waals surface area contributed by atoms with E-state index in [0.717, 1.165) is 17.1 Å². The first-order valence-electron chi connectivity index (χ1n) is 7.50. The van der Waals surface area contributed by atoms with Gasteiger partial charge in [0.1, 0.15) is 17.6 Å². The van der Waals surface area contributed by atoms with Crippen molar-refractivity contribution in [2.24, 2.45) is 5.73 Å². The summed E-state index contributed by atoms with van der Waals surface area (Å²) >= 11 is 0. The number of halogens is 1. The summed E-state index contributed by atoms with van der Waals surface area (Å²) in [7, 11) is 1.62. The average molecular weight is 351 g/mol. The van der Waals surface area contributed by atoms with Gasteiger partial charge in [0, 0.05) is 12.1 Å². The van der Waals surface area contributed by atoms with E-state index >= 15 is 0 Å². The Morgan fingerprint density at radius 3 is 2.21 bits per heavy atom. The summed E-state index contributed by atoms with van der Waals surface area (Å²) < 4.78 is 10.8. The zero-order valence-corrected chi connectivity index (χ0v) is 14.6. The van der Waals surface area contributed by atoms with Crippen LogP contribution in [0.2, 0.25) is 0 Å². The number of amides is 1. The molecular weight excluding hydrogens is 328 g/mol. The molecule has 130 valence electrons. The lowest BCUT2D eigenvalue weighted by molar-refractivity contribution is 0.0932. The van der Waals surface area contributed by atoms with Crippen molar-refractivity contribution in [3.63, 3.8) is 0 Å². The van der Waals surface area contributed by atoms with E-state index in [1.165, 1.54) is 0 Å². The van der Waals surface area contributed by atoms with Gasteiger partial charge in [-0.25, -0.2) is 0 Å². The van der Waals surface area contributed by atoms with E-state index in [1.54, 1.807) is 19.2 Å². The Kier molecular flexibility index (Phi) is 8.09. The van der Waals surface area contributed by atoms with E-state index in [0.29, 0.717) is 18.7 Å². The zero-order chi connectivity index (χ0) is 16.7. The van der Waals surface area contributed by atoms with Gasteiger partial charge in [0.05, 0.1) is 13.7 Å². The fourth-order valence-electron chi connectivity index (χ4n) is 2.06. The van der Waals surface area contributed by atoms with Gasteiger partial charge in [-0.3, -0.25) is 4.79 Å². The molecule has 2 aromatic carbocycles. The molecule has 5 nitrogen and oxygen atoms in total. The number of methoxy groups -OCH3 is 1. The van der Waals surface area contributed by atoms with Crippen LogP contribution in [0.1, 0.15) is 22.8 Å². The molecule has 2 rings (SSSR count). The first kappa shape index (κ1) is 19.8. The number of rotatable bonds is 7. The number of hydrogen-bond acceptors (Lipinski definition) is 4.